The van der Waals surface area contributed by atoms with Gasteiger partial charge in [0.05, 0.1) is 0 Å². The van der Waals surface area contributed by atoms with Crippen molar-refractivity contribution in [1.82, 2.24) is 4.98 Å². The van der Waals surface area contributed by atoms with Crippen LogP contribution in [-0.4, -0.2) is 30.2 Å². The predicted molar refractivity (Wildman–Crippen MR) is 55.2 cm³/mol. The molecule has 0 aliphatic heterocycles. The molecular weight excluding hydrogens is 180 g/mol. The zero-order valence-corrected chi connectivity index (χ0v) is 8.14. The van der Waals surface area contributed by atoms with Crippen LogP contribution in [0.25, 0.3) is 6.08 Å². The molecule has 0 aliphatic rings. The smallest absolute Gasteiger partial charge is 0.328 e. The minimum Gasteiger partial charge on any atom is -0.478 e. The van der Waals surface area contributed by atoms with Gasteiger partial charge in [0.2, 0.25) is 0 Å². The van der Waals surface area contributed by atoms with Gasteiger partial charge >= 0.3 is 5.97 Å². The zero-order chi connectivity index (χ0) is 10.6. The first-order chi connectivity index (χ1) is 6.61. The highest BCUT2D eigenvalue weighted by Gasteiger charge is 2.01. The third-order valence-electron chi connectivity index (χ3n) is 1.65. The molecule has 0 fully saturated rings. The molecule has 0 atom stereocenters. The number of carbonyl (C=O) groups is 1. The highest BCUT2D eigenvalue weighted by Crippen LogP contribution is 2.15. The molecule has 1 heterocycles. The fourth-order valence-corrected chi connectivity index (χ4v) is 1.07. The van der Waals surface area contributed by atoms with Crippen LogP contribution in [0.15, 0.2) is 24.4 Å². The quantitative estimate of drug-likeness (QED) is 0.732. The van der Waals surface area contributed by atoms with E-state index in [0.29, 0.717) is 0 Å². The summed E-state index contributed by atoms with van der Waals surface area (Å²) in [5.74, 6) is -0.205. The Kier molecular flexibility index (Phi) is 3.23. The largest absolute Gasteiger partial charge is 0.478 e. The lowest BCUT2D eigenvalue weighted by Gasteiger charge is -2.13. The normalized spacial score (nSPS) is 10.4. The molecule has 0 amide bonds. The number of anilines is 1. The molecule has 0 spiro atoms. The average molecular weight is 192 g/mol. The molecule has 1 aromatic rings. The van der Waals surface area contributed by atoms with Crippen LogP contribution in [0.3, 0.4) is 0 Å². The molecule has 0 bridgehead atoms. The van der Waals surface area contributed by atoms with E-state index >= 15 is 0 Å². The lowest BCUT2D eigenvalue weighted by Crippen LogP contribution is -2.11. The summed E-state index contributed by atoms with van der Waals surface area (Å²) in [5, 5.41) is 8.48. The number of carboxylic acid groups (broad SMARTS) is 1. The predicted octanol–water partition coefficient (Wildman–Crippen LogP) is 1.25. The summed E-state index contributed by atoms with van der Waals surface area (Å²) >= 11 is 0. The molecule has 1 N–H and O–H groups in total. The minimum absolute atomic E-state index is 0.755. The molecule has 4 heteroatoms. The van der Waals surface area contributed by atoms with Crippen molar-refractivity contribution < 1.29 is 9.90 Å². The Bertz CT molecular complexity index is 359. The van der Waals surface area contributed by atoms with Crippen molar-refractivity contribution in [2.24, 2.45) is 0 Å². The first-order valence-electron chi connectivity index (χ1n) is 4.14. The van der Waals surface area contributed by atoms with Crippen molar-refractivity contribution in [3.05, 3.63) is 30.0 Å². The van der Waals surface area contributed by atoms with Crippen LogP contribution in [0.4, 0.5) is 5.82 Å². The Hall–Kier alpha value is -1.84. The Morgan fingerprint density at radius 2 is 2.29 bits per heavy atom. The van der Waals surface area contributed by atoms with Gasteiger partial charge in [-0.25, -0.2) is 9.78 Å². The Morgan fingerprint density at radius 1 is 1.57 bits per heavy atom. The van der Waals surface area contributed by atoms with E-state index in [4.69, 9.17) is 5.11 Å². The molecule has 0 saturated heterocycles. The van der Waals surface area contributed by atoms with Gasteiger partial charge in [-0.15, -0.1) is 0 Å². The van der Waals surface area contributed by atoms with Crippen LogP contribution in [0.1, 0.15) is 5.56 Å². The molecule has 0 saturated carbocycles. The monoisotopic (exact) mass is 192 g/mol. The van der Waals surface area contributed by atoms with Crippen molar-refractivity contribution in [2.45, 2.75) is 0 Å². The van der Waals surface area contributed by atoms with Crippen molar-refractivity contribution in [2.75, 3.05) is 19.0 Å². The highest BCUT2D eigenvalue weighted by atomic mass is 16.4. The second-order valence-electron chi connectivity index (χ2n) is 2.98. The van der Waals surface area contributed by atoms with E-state index in [9.17, 15) is 4.79 Å². The Morgan fingerprint density at radius 3 is 2.86 bits per heavy atom. The van der Waals surface area contributed by atoms with Gasteiger partial charge in [-0.2, -0.15) is 0 Å². The first-order valence-corrected chi connectivity index (χ1v) is 4.14. The van der Waals surface area contributed by atoms with E-state index in [0.717, 1.165) is 17.5 Å². The fraction of sp³-hybridized carbons (Fsp3) is 0.200. The van der Waals surface area contributed by atoms with Crippen LogP contribution in [0.2, 0.25) is 0 Å². The van der Waals surface area contributed by atoms with Crippen LogP contribution >= 0.6 is 0 Å². The van der Waals surface area contributed by atoms with Gasteiger partial charge in [0, 0.05) is 31.9 Å². The molecule has 4 nitrogen and oxygen atoms in total. The molecule has 0 aromatic carbocycles. The zero-order valence-electron chi connectivity index (χ0n) is 8.14. The average Bonchev–Trinajstić information content (AvgIpc) is 2.15. The van der Waals surface area contributed by atoms with Gasteiger partial charge in [0.25, 0.3) is 0 Å². The Labute approximate surface area is 82.5 Å². The van der Waals surface area contributed by atoms with Gasteiger partial charge in [-0.1, -0.05) is 0 Å². The van der Waals surface area contributed by atoms with E-state index in [1.165, 1.54) is 6.08 Å². The van der Waals surface area contributed by atoms with Crippen LogP contribution in [0, 0.1) is 0 Å². The number of carboxylic acids is 1. The maximum absolute atomic E-state index is 10.3. The summed E-state index contributed by atoms with van der Waals surface area (Å²) in [6, 6.07) is 3.59. The van der Waals surface area contributed by atoms with Crippen molar-refractivity contribution in [3.8, 4) is 0 Å². The minimum atomic E-state index is -0.960. The van der Waals surface area contributed by atoms with Crippen molar-refractivity contribution in [3.63, 3.8) is 0 Å². The van der Waals surface area contributed by atoms with E-state index in [-0.39, 0.29) is 0 Å². The number of hydrogen-bond acceptors (Lipinski definition) is 3. The van der Waals surface area contributed by atoms with E-state index < -0.39 is 5.97 Å². The van der Waals surface area contributed by atoms with Crippen LogP contribution in [-0.2, 0) is 4.79 Å². The molecule has 74 valence electrons. The second-order valence-corrected chi connectivity index (χ2v) is 2.98. The summed E-state index contributed by atoms with van der Waals surface area (Å²) in [7, 11) is 3.72. The molecule has 1 rings (SSSR count). The number of hydrogen-bond donors (Lipinski definition) is 1. The second kappa shape index (κ2) is 4.41. The van der Waals surface area contributed by atoms with E-state index in [1.54, 1.807) is 12.3 Å². The lowest BCUT2D eigenvalue weighted by molar-refractivity contribution is -0.131. The molecule has 0 radical (unpaired) electrons. The highest BCUT2D eigenvalue weighted by molar-refractivity contribution is 5.86. The maximum Gasteiger partial charge on any atom is 0.328 e. The van der Waals surface area contributed by atoms with Crippen LogP contribution < -0.4 is 4.90 Å². The van der Waals surface area contributed by atoms with Gasteiger partial charge in [0.1, 0.15) is 5.82 Å². The number of nitrogens with zero attached hydrogens (tertiary/aromatic N) is 2. The SMILES string of the molecule is CN(C)c1ncccc1/C=C/C(=O)O. The first kappa shape index (κ1) is 10.2. The van der Waals surface area contributed by atoms with Gasteiger partial charge in [0.15, 0.2) is 0 Å². The van der Waals surface area contributed by atoms with E-state index in [2.05, 4.69) is 4.98 Å². The molecule has 1 aromatic heterocycles. The standard InChI is InChI=1S/C10H12N2O2/c1-12(2)10-8(4-3-7-11-10)5-6-9(13)14/h3-7H,1-2H3,(H,13,14)/b6-5+. The van der Waals surface area contributed by atoms with Gasteiger partial charge < -0.3 is 10.0 Å². The summed E-state index contributed by atoms with van der Waals surface area (Å²) in [6.07, 6.45) is 4.31. The van der Waals surface area contributed by atoms with Crippen LogP contribution in [0.5, 0.6) is 0 Å². The summed E-state index contributed by atoms with van der Waals surface area (Å²) < 4.78 is 0. The maximum atomic E-state index is 10.3. The number of aromatic nitrogens is 1. The topological polar surface area (TPSA) is 53.4 Å². The fourth-order valence-electron chi connectivity index (χ4n) is 1.07. The molecule has 0 aliphatic carbocycles. The number of aliphatic carboxylic acids is 1. The summed E-state index contributed by atoms with van der Waals surface area (Å²) in [6.45, 7) is 0. The van der Waals surface area contributed by atoms with Gasteiger partial charge in [-0.05, 0) is 18.2 Å². The molecular formula is C10H12N2O2. The summed E-state index contributed by atoms with van der Waals surface area (Å²) in [4.78, 5) is 16.3. The number of pyridine rings is 1. The van der Waals surface area contributed by atoms with Gasteiger partial charge in [-0.3, -0.25) is 0 Å². The molecule has 0 unspecified atom stereocenters. The summed E-state index contributed by atoms with van der Waals surface area (Å²) in [5.41, 5.74) is 0.792. The third-order valence-corrected chi connectivity index (χ3v) is 1.65. The molecule has 14 heavy (non-hydrogen) atoms. The third kappa shape index (κ3) is 2.58. The lowest BCUT2D eigenvalue weighted by atomic mass is 10.2. The Balaban J connectivity index is 3.01. The van der Waals surface area contributed by atoms with E-state index in [1.807, 2.05) is 25.1 Å². The van der Waals surface area contributed by atoms with Crippen molar-refractivity contribution >= 4 is 17.9 Å². The van der Waals surface area contributed by atoms with Crippen molar-refractivity contribution in [1.29, 1.82) is 0 Å². The number of rotatable bonds is 3.